The van der Waals surface area contributed by atoms with Crippen LogP contribution in [0.5, 0.6) is 0 Å². The van der Waals surface area contributed by atoms with Gasteiger partial charge in [-0.1, -0.05) is 29.8 Å². The molecule has 3 heterocycles. The zero-order chi connectivity index (χ0) is 23.7. The molecule has 0 bridgehead atoms. The van der Waals surface area contributed by atoms with E-state index in [2.05, 4.69) is 10.3 Å². The molecule has 2 aliphatic rings. The number of fused-ring (bicyclic) bond motifs is 1. The molecule has 0 saturated carbocycles. The summed E-state index contributed by atoms with van der Waals surface area (Å²) in [6, 6.07) is 13.3. The smallest absolute Gasteiger partial charge is 0.274 e. The standard InChI is InChI=1S/C25H24ClFN4O3/c26-18-2-1-3-20(12-18)29-24(32)17-8-10-30(11-9-17)25(33)23-21-14-34-22(13-31(21)15-28-23)16-4-6-19(27)7-5-16/h1-7,12,15,17,22H,8-11,13-14H2,(H,29,32)/t22-/m1/s1. The van der Waals surface area contributed by atoms with Gasteiger partial charge in [0.2, 0.25) is 5.91 Å². The van der Waals surface area contributed by atoms with Crippen molar-refractivity contribution in [2.75, 3.05) is 18.4 Å². The average molecular weight is 483 g/mol. The predicted molar refractivity (Wildman–Crippen MR) is 125 cm³/mol. The number of halogens is 2. The van der Waals surface area contributed by atoms with Crippen LogP contribution in [0, 0.1) is 11.7 Å². The molecule has 1 fully saturated rings. The summed E-state index contributed by atoms with van der Waals surface area (Å²) in [6.45, 7) is 1.73. The van der Waals surface area contributed by atoms with E-state index in [1.807, 2.05) is 4.57 Å². The van der Waals surface area contributed by atoms with Crippen LogP contribution >= 0.6 is 11.6 Å². The Kier molecular flexibility index (Phi) is 6.34. The number of nitrogens with zero attached hydrogens (tertiary/aromatic N) is 3. The van der Waals surface area contributed by atoms with Crippen molar-refractivity contribution in [1.82, 2.24) is 14.5 Å². The molecule has 2 aliphatic heterocycles. The minimum absolute atomic E-state index is 0.0611. The molecule has 34 heavy (non-hydrogen) atoms. The number of nitrogens with one attached hydrogen (secondary N) is 1. The molecule has 1 N–H and O–H groups in total. The Labute approximate surface area is 201 Å². The van der Waals surface area contributed by atoms with Crippen LogP contribution in [0.2, 0.25) is 5.02 Å². The number of rotatable bonds is 4. The Bertz CT molecular complexity index is 1210. The number of imidazole rings is 1. The van der Waals surface area contributed by atoms with Gasteiger partial charge in [0.05, 0.1) is 25.2 Å². The molecular formula is C25H24ClFN4O3. The number of ether oxygens (including phenoxy) is 1. The van der Waals surface area contributed by atoms with E-state index in [4.69, 9.17) is 16.3 Å². The molecule has 1 aromatic heterocycles. The van der Waals surface area contributed by atoms with E-state index in [1.54, 1.807) is 47.6 Å². The lowest BCUT2D eigenvalue weighted by Crippen LogP contribution is -2.42. The van der Waals surface area contributed by atoms with Crippen LogP contribution in [0.1, 0.15) is 40.7 Å². The Hall–Kier alpha value is -3.23. The molecule has 9 heteroatoms. The number of hydrogen-bond acceptors (Lipinski definition) is 4. The summed E-state index contributed by atoms with van der Waals surface area (Å²) in [5, 5.41) is 3.47. The van der Waals surface area contributed by atoms with E-state index in [1.165, 1.54) is 12.1 Å². The molecule has 1 saturated heterocycles. The summed E-state index contributed by atoms with van der Waals surface area (Å²) >= 11 is 5.99. The lowest BCUT2D eigenvalue weighted by atomic mass is 9.95. The first-order valence-corrected chi connectivity index (χ1v) is 11.6. The molecule has 2 aromatic carbocycles. The maximum Gasteiger partial charge on any atom is 0.274 e. The van der Waals surface area contributed by atoms with Crippen molar-refractivity contribution in [2.45, 2.75) is 32.1 Å². The largest absolute Gasteiger partial charge is 0.365 e. The van der Waals surface area contributed by atoms with Crippen LogP contribution in [0.25, 0.3) is 0 Å². The van der Waals surface area contributed by atoms with Crippen molar-refractivity contribution < 1.29 is 18.7 Å². The number of likely N-dealkylation sites (tertiary alicyclic amines) is 1. The molecular weight excluding hydrogens is 459 g/mol. The van der Waals surface area contributed by atoms with Gasteiger partial charge >= 0.3 is 0 Å². The van der Waals surface area contributed by atoms with E-state index < -0.39 is 0 Å². The number of hydrogen-bond donors (Lipinski definition) is 1. The lowest BCUT2D eigenvalue weighted by molar-refractivity contribution is -0.121. The summed E-state index contributed by atoms with van der Waals surface area (Å²) in [5.41, 5.74) is 2.68. The number of amides is 2. The molecule has 1 atom stereocenters. The highest BCUT2D eigenvalue weighted by atomic mass is 35.5. The topological polar surface area (TPSA) is 76.5 Å². The van der Waals surface area contributed by atoms with Gasteiger partial charge in [-0.05, 0) is 48.7 Å². The monoisotopic (exact) mass is 482 g/mol. The van der Waals surface area contributed by atoms with Gasteiger partial charge in [-0.2, -0.15) is 0 Å². The zero-order valence-electron chi connectivity index (χ0n) is 18.4. The number of carbonyl (C=O) groups is 2. The third kappa shape index (κ3) is 4.69. The summed E-state index contributed by atoms with van der Waals surface area (Å²) in [5.74, 6) is -0.666. The molecule has 176 valence electrons. The van der Waals surface area contributed by atoms with E-state index in [9.17, 15) is 14.0 Å². The summed E-state index contributed by atoms with van der Waals surface area (Å²) in [6.07, 6.45) is 2.60. The zero-order valence-corrected chi connectivity index (χ0v) is 19.2. The third-order valence-corrected chi connectivity index (χ3v) is 6.65. The summed E-state index contributed by atoms with van der Waals surface area (Å²) in [7, 11) is 0. The summed E-state index contributed by atoms with van der Waals surface area (Å²) < 4.78 is 21.1. The van der Waals surface area contributed by atoms with E-state index in [0.29, 0.717) is 48.9 Å². The van der Waals surface area contributed by atoms with Crippen molar-refractivity contribution in [3.63, 3.8) is 0 Å². The number of aromatic nitrogens is 2. The molecule has 3 aromatic rings. The maximum atomic E-state index is 13.2. The fraction of sp³-hybridized carbons (Fsp3) is 0.320. The number of carbonyl (C=O) groups excluding carboxylic acids is 2. The van der Waals surface area contributed by atoms with Gasteiger partial charge in [-0.15, -0.1) is 0 Å². The van der Waals surface area contributed by atoms with Crippen LogP contribution in [0.3, 0.4) is 0 Å². The SMILES string of the molecule is O=C(Nc1cccc(Cl)c1)C1CCN(C(=O)c2ncn3c2CO[C@@H](c2ccc(F)cc2)C3)CC1. The molecule has 0 unspecified atom stereocenters. The number of benzene rings is 2. The normalized spacial score (nSPS) is 18.4. The second-order valence-corrected chi connectivity index (χ2v) is 9.05. The first kappa shape index (κ1) is 22.6. The Morgan fingerprint density at radius 1 is 1.12 bits per heavy atom. The minimum atomic E-state index is -0.290. The van der Waals surface area contributed by atoms with Gasteiger partial charge in [0.25, 0.3) is 5.91 Å². The van der Waals surface area contributed by atoms with Crippen LogP contribution in [0.15, 0.2) is 54.9 Å². The van der Waals surface area contributed by atoms with Crippen molar-refractivity contribution in [3.8, 4) is 0 Å². The van der Waals surface area contributed by atoms with Crippen LogP contribution < -0.4 is 5.32 Å². The van der Waals surface area contributed by atoms with Crippen LogP contribution in [0.4, 0.5) is 10.1 Å². The molecule has 0 spiro atoms. The Morgan fingerprint density at radius 2 is 1.88 bits per heavy atom. The van der Waals surface area contributed by atoms with Crippen molar-refractivity contribution in [2.24, 2.45) is 5.92 Å². The van der Waals surface area contributed by atoms with Crippen molar-refractivity contribution in [1.29, 1.82) is 0 Å². The van der Waals surface area contributed by atoms with Gasteiger partial charge in [-0.25, -0.2) is 9.37 Å². The van der Waals surface area contributed by atoms with E-state index in [-0.39, 0.29) is 36.3 Å². The van der Waals surface area contributed by atoms with Crippen molar-refractivity contribution in [3.05, 3.63) is 82.6 Å². The second kappa shape index (κ2) is 9.56. The lowest BCUT2D eigenvalue weighted by Gasteiger charge is -2.31. The van der Waals surface area contributed by atoms with Gasteiger partial charge in [0.15, 0.2) is 5.69 Å². The fourth-order valence-corrected chi connectivity index (χ4v) is 4.68. The van der Waals surface area contributed by atoms with Crippen molar-refractivity contribution >= 4 is 29.1 Å². The second-order valence-electron chi connectivity index (χ2n) is 8.61. The molecule has 7 nitrogen and oxygen atoms in total. The van der Waals surface area contributed by atoms with Gasteiger partial charge in [0, 0.05) is 29.7 Å². The average Bonchev–Trinajstić information content (AvgIpc) is 3.27. The van der Waals surface area contributed by atoms with E-state index >= 15 is 0 Å². The molecule has 0 aliphatic carbocycles. The minimum Gasteiger partial charge on any atom is -0.365 e. The fourth-order valence-electron chi connectivity index (χ4n) is 4.49. The third-order valence-electron chi connectivity index (χ3n) is 6.42. The van der Waals surface area contributed by atoms with Gasteiger partial charge < -0.3 is 19.5 Å². The highest BCUT2D eigenvalue weighted by Gasteiger charge is 2.32. The highest BCUT2D eigenvalue weighted by Crippen LogP contribution is 2.29. The summed E-state index contributed by atoms with van der Waals surface area (Å²) in [4.78, 5) is 31.9. The quantitative estimate of drug-likeness (QED) is 0.596. The van der Waals surface area contributed by atoms with Crippen LogP contribution in [-0.4, -0.2) is 39.4 Å². The Morgan fingerprint density at radius 3 is 2.62 bits per heavy atom. The highest BCUT2D eigenvalue weighted by molar-refractivity contribution is 6.30. The van der Waals surface area contributed by atoms with Crippen LogP contribution in [-0.2, 0) is 22.7 Å². The Balaban J connectivity index is 1.19. The predicted octanol–water partition coefficient (Wildman–Crippen LogP) is 4.44. The number of anilines is 1. The van der Waals surface area contributed by atoms with E-state index in [0.717, 1.165) is 11.3 Å². The number of piperidine rings is 1. The van der Waals surface area contributed by atoms with Gasteiger partial charge in [-0.3, -0.25) is 9.59 Å². The first-order valence-electron chi connectivity index (χ1n) is 11.2. The molecule has 2 amide bonds. The molecule has 0 radical (unpaired) electrons. The first-order chi connectivity index (χ1) is 16.5. The van der Waals surface area contributed by atoms with Gasteiger partial charge in [0.1, 0.15) is 11.9 Å². The molecule has 5 rings (SSSR count). The maximum absolute atomic E-state index is 13.2.